The van der Waals surface area contributed by atoms with E-state index in [1.807, 2.05) is 6.07 Å². The lowest BCUT2D eigenvalue weighted by Gasteiger charge is -2.32. The molecule has 12 heteroatoms. The number of nitrogen functional groups attached to an aromatic ring is 1. The molecule has 0 bridgehead atoms. The highest BCUT2D eigenvalue weighted by molar-refractivity contribution is 7.09. The van der Waals surface area contributed by atoms with E-state index >= 15 is 0 Å². The Kier molecular flexibility index (Phi) is 8.15. The molecule has 11 nitrogen and oxygen atoms in total. The number of para-hydroxylation sites is 1. The van der Waals surface area contributed by atoms with Crippen LogP contribution in [0.5, 0.6) is 0 Å². The van der Waals surface area contributed by atoms with Crippen molar-refractivity contribution >= 4 is 57.5 Å². The molecule has 0 unspecified atom stereocenters. The maximum atomic E-state index is 14.2. The topological polar surface area (TPSA) is 171 Å². The summed E-state index contributed by atoms with van der Waals surface area (Å²) < 4.78 is 8.91. The van der Waals surface area contributed by atoms with Crippen LogP contribution in [-0.2, 0) is 14.3 Å². The lowest BCUT2D eigenvalue weighted by Crippen LogP contribution is -2.45. The van der Waals surface area contributed by atoms with Crippen LogP contribution >= 0.6 is 11.5 Å². The third kappa shape index (κ3) is 5.70. The van der Waals surface area contributed by atoms with E-state index in [-0.39, 0.29) is 22.9 Å². The molecule has 0 saturated heterocycles. The zero-order chi connectivity index (χ0) is 28.1. The quantitative estimate of drug-likeness (QED) is 0.269. The average Bonchev–Trinajstić information content (AvgIpc) is 3.32. The maximum Gasteiger partial charge on any atom is 0.325 e. The summed E-state index contributed by atoms with van der Waals surface area (Å²) in [6, 6.07) is 14.5. The molecule has 0 radical (unpaired) electrons. The Hall–Kier alpha value is -4.84. The summed E-state index contributed by atoms with van der Waals surface area (Å²) in [6.45, 7) is 3.20. The Balaban J connectivity index is 1.90. The van der Waals surface area contributed by atoms with Crippen molar-refractivity contribution in [2.24, 2.45) is 5.73 Å². The van der Waals surface area contributed by atoms with E-state index in [4.69, 9.17) is 16.2 Å². The number of nitrogens with two attached hydrogens (primary N) is 2. The van der Waals surface area contributed by atoms with Crippen LogP contribution in [0.3, 0.4) is 0 Å². The minimum Gasteiger partial charge on any atom is -0.465 e. The van der Waals surface area contributed by atoms with Crippen molar-refractivity contribution in [2.45, 2.75) is 19.9 Å². The number of hydrogen-bond donors (Lipinski definition) is 3. The number of hydrogen-bond acceptors (Lipinski definition) is 9. The average molecular weight is 547 g/mol. The fourth-order valence-corrected chi connectivity index (χ4v) is 4.83. The fourth-order valence-electron chi connectivity index (χ4n) is 4.09. The molecule has 0 aliphatic rings. The van der Waals surface area contributed by atoms with Crippen molar-refractivity contribution in [3.05, 3.63) is 82.5 Å². The minimum absolute atomic E-state index is 0.0577. The molecule has 5 N–H and O–H groups in total. The fraction of sp³-hybridized carbons (Fsp3) is 0.185. The van der Waals surface area contributed by atoms with Gasteiger partial charge in [-0.1, -0.05) is 30.3 Å². The predicted molar refractivity (Wildman–Crippen MR) is 147 cm³/mol. The summed E-state index contributed by atoms with van der Waals surface area (Å²) >= 11 is 0.710. The number of aryl methyl sites for hydroxylation is 1. The minimum atomic E-state index is -1.25. The van der Waals surface area contributed by atoms with Gasteiger partial charge in [-0.15, -0.1) is 0 Å². The number of esters is 1. The van der Waals surface area contributed by atoms with Crippen LogP contribution < -0.4 is 21.7 Å². The van der Waals surface area contributed by atoms with Crippen LogP contribution in [0.15, 0.2) is 60.8 Å². The molecule has 2 aromatic heterocycles. The van der Waals surface area contributed by atoms with Gasteiger partial charge in [0.25, 0.3) is 11.8 Å². The second kappa shape index (κ2) is 11.7. The molecular weight excluding hydrogens is 520 g/mol. The summed E-state index contributed by atoms with van der Waals surface area (Å²) in [6.07, 6.45) is 1.65. The number of carbonyl (C=O) groups is 4. The molecular formula is C27H26N6O5S. The first-order chi connectivity index (χ1) is 18.7. The first-order valence-corrected chi connectivity index (χ1v) is 12.7. The number of fused-ring (bicyclic) bond motifs is 1. The van der Waals surface area contributed by atoms with Crippen molar-refractivity contribution in [1.82, 2.24) is 14.7 Å². The number of rotatable bonds is 9. The predicted octanol–water partition coefficient (Wildman–Crippen LogP) is 2.75. The van der Waals surface area contributed by atoms with Crippen molar-refractivity contribution in [3.8, 4) is 0 Å². The van der Waals surface area contributed by atoms with Gasteiger partial charge < -0.3 is 21.5 Å². The second-order valence-electron chi connectivity index (χ2n) is 8.48. The van der Waals surface area contributed by atoms with Crippen LogP contribution in [0, 0.1) is 6.92 Å². The van der Waals surface area contributed by atoms with Gasteiger partial charge in [-0.05, 0) is 60.8 Å². The summed E-state index contributed by atoms with van der Waals surface area (Å²) in [5.74, 6) is -2.81. The van der Waals surface area contributed by atoms with Gasteiger partial charge >= 0.3 is 5.97 Å². The molecule has 1 atom stereocenters. The molecule has 4 aromatic rings. The van der Waals surface area contributed by atoms with Gasteiger partial charge in [0.05, 0.1) is 17.8 Å². The Morgan fingerprint density at radius 1 is 1.10 bits per heavy atom. The van der Waals surface area contributed by atoms with Crippen molar-refractivity contribution in [3.63, 3.8) is 0 Å². The van der Waals surface area contributed by atoms with E-state index in [1.165, 1.54) is 4.90 Å². The van der Waals surface area contributed by atoms with Gasteiger partial charge in [-0.25, -0.2) is 0 Å². The van der Waals surface area contributed by atoms with Gasteiger partial charge in [-0.2, -0.15) is 4.37 Å². The van der Waals surface area contributed by atoms with E-state index < -0.39 is 36.3 Å². The molecule has 0 aliphatic carbocycles. The highest BCUT2D eigenvalue weighted by atomic mass is 32.1. The number of nitrogens with one attached hydrogen (secondary N) is 1. The monoisotopic (exact) mass is 546 g/mol. The molecule has 0 spiro atoms. The van der Waals surface area contributed by atoms with Crippen LogP contribution in [0.1, 0.15) is 44.3 Å². The first kappa shape index (κ1) is 27.2. The Bertz CT molecular complexity index is 1570. The van der Waals surface area contributed by atoms with Gasteiger partial charge in [0.2, 0.25) is 5.91 Å². The van der Waals surface area contributed by atoms with E-state index in [9.17, 15) is 19.2 Å². The van der Waals surface area contributed by atoms with Crippen molar-refractivity contribution in [2.75, 3.05) is 23.8 Å². The normalized spacial score (nSPS) is 11.5. The van der Waals surface area contributed by atoms with E-state index in [0.717, 1.165) is 5.39 Å². The molecule has 0 aliphatic heterocycles. The number of benzene rings is 2. The van der Waals surface area contributed by atoms with E-state index in [1.54, 1.807) is 68.6 Å². The molecule has 2 heterocycles. The van der Waals surface area contributed by atoms with Crippen LogP contribution in [0.2, 0.25) is 0 Å². The number of nitrogens with zero attached hydrogens (tertiary/aromatic N) is 3. The highest BCUT2D eigenvalue weighted by Gasteiger charge is 2.37. The largest absolute Gasteiger partial charge is 0.465 e. The molecule has 2 aromatic carbocycles. The lowest BCUT2D eigenvalue weighted by atomic mass is 9.99. The smallest absolute Gasteiger partial charge is 0.325 e. The third-order valence-electron chi connectivity index (χ3n) is 5.91. The molecule has 3 amide bonds. The zero-order valence-electron chi connectivity index (χ0n) is 21.2. The number of anilines is 2. The molecule has 39 heavy (non-hydrogen) atoms. The number of primary amides is 1. The number of pyridine rings is 1. The van der Waals surface area contributed by atoms with Crippen LogP contribution in [0.4, 0.5) is 11.4 Å². The van der Waals surface area contributed by atoms with E-state index in [0.29, 0.717) is 33.9 Å². The number of carbonyl (C=O) groups excluding carboxylic acids is 4. The number of amides is 3. The Morgan fingerprint density at radius 3 is 2.56 bits per heavy atom. The first-order valence-electron chi connectivity index (χ1n) is 11.9. The molecule has 4 rings (SSSR count). The van der Waals surface area contributed by atoms with Gasteiger partial charge in [0.1, 0.15) is 17.5 Å². The number of aromatic nitrogens is 2. The SMILES string of the molecule is CCOC(=O)CNC(=O)[C@@H](c1ccc2ncccc2c1)N(C(=O)c1snc(C(N)=O)c1N)c1ccccc1C. The third-order valence-corrected chi connectivity index (χ3v) is 6.76. The van der Waals surface area contributed by atoms with Gasteiger partial charge in [0.15, 0.2) is 5.69 Å². The number of ether oxygens (including phenoxy) is 1. The molecule has 200 valence electrons. The van der Waals surface area contributed by atoms with Crippen LogP contribution in [-0.4, -0.2) is 46.2 Å². The maximum absolute atomic E-state index is 14.2. The second-order valence-corrected chi connectivity index (χ2v) is 9.25. The summed E-state index contributed by atoms with van der Waals surface area (Å²) in [7, 11) is 0. The molecule has 0 fully saturated rings. The Labute approximate surface area is 227 Å². The van der Waals surface area contributed by atoms with Gasteiger partial charge in [-0.3, -0.25) is 29.1 Å². The summed E-state index contributed by atoms with van der Waals surface area (Å²) in [5.41, 5.74) is 13.3. The Morgan fingerprint density at radius 2 is 1.87 bits per heavy atom. The van der Waals surface area contributed by atoms with Gasteiger partial charge in [0, 0.05) is 17.3 Å². The molecule has 0 saturated carbocycles. The summed E-state index contributed by atoms with van der Waals surface area (Å²) in [5, 5.41) is 3.33. The standard InChI is InChI=1S/C27H26N6O5S/c1-3-38-20(34)14-31-26(36)23(17-10-11-18-16(13-17)8-6-12-30-18)33(19-9-5-4-7-15(19)2)27(37)24-21(28)22(25(29)35)32-39-24/h4-13,23H,3,14,28H2,1-2H3,(H2,29,35)(H,31,36)/t23-/m1/s1. The van der Waals surface area contributed by atoms with Crippen molar-refractivity contribution in [1.29, 1.82) is 0 Å². The van der Waals surface area contributed by atoms with Crippen molar-refractivity contribution < 1.29 is 23.9 Å². The summed E-state index contributed by atoms with van der Waals surface area (Å²) in [4.78, 5) is 57.3. The van der Waals surface area contributed by atoms with E-state index in [2.05, 4.69) is 14.7 Å². The highest BCUT2D eigenvalue weighted by Crippen LogP contribution is 2.35. The lowest BCUT2D eigenvalue weighted by molar-refractivity contribution is -0.143. The van der Waals surface area contributed by atoms with Crippen LogP contribution in [0.25, 0.3) is 10.9 Å². The zero-order valence-corrected chi connectivity index (χ0v) is 22.0.